The number of hydrogen-bond acceptors (Lipinski definition) is 6. The molecule has 1 aromatic heterocycles. The molecule has 0 saturated carbocycles. The fraction of sp³-hybridized carbons (Fsp3) is 0.478. The summed E-state index contributed by atoms with van der Waals surface area (Å²) in [5.74, 6) is 0.934. The van der Waals surface area contributed by atoms with Crippen LogP contribution >= 0.6 is 0 Å². The predicted molar refractivity (Wildman–Crippen MR) is 110 cm³/mol. The van der Waals surface area contributed by atoms with Crippen LogP contribution in [0.5, 0.6) is 11.5 Å². The molecule has 0 unspecified atom stereocenters. The van der Waals surface area contributed by atoms with Crippen LogP contribution in [0.2, 0.25) is 0 Å². The molecule has 1 aliphatic carbocycles. The maximum Gasteiger partial charge on any atom is 0.355 e. The molecule has 2 heterocycles. The number of fused-ring (bicyclic) bond motifs is 1. The predicted octanol–water partition coefficient (Wildman–Crippen LogP) is 3.59. The lowest BCUT2D eigenvalue weighted by molar-refractivity contribution is 0.0156. The molecule has 2 aliphatic rings. The molecule has 0 bridgehead atoms. The van der Waals surface area contributed by atoms with Crippen molar-refractivity contribution in [3.63, 3.8) is 0 Å². The molecule has 4 rings (SSSR count). The lowest BCUT2D eigenvalue weighted by Crippen LogP contribution is -2.19. The van der Waals surface area contributed by atoms with Gasteiger partial charge in [-0.05, 0) is 49.9 Å². The minimum Gasteiger partial charge on any atom is -0.497 e. The van der Waals surface area contributed by atoms with Gasteiger partial charge >= 0.3 is 5.97 Å². The molecule has 7 heteroatoms. The largest absolute Gasteiger partial charge is 0.497 e. The molecule has 0 radical (unpaired) electrons. The number of aromatic amines is 1. The Labute approximate surface area is 175 Å². The second-order valence-electron chi connectivity index (χ2n) is 7.85. The van der Waals surface area contributed by atoms with E-state index >= 15 is 0 Å². The molecule has 7 nitrogen and oxygen atoms in total. The maximum atomic E-state index is 13.0. The highest BCUT2D eigenvalue weighted by atomic mass is 16.6. The number of hydrogen-bond donors (Lipinski definition) is 1. The Balaban J connectivity index is 1.57. The van der Waals surface area contributed by atoms with Crippen LogP contribution in [-0.4, -0.2) is 50.3 Å². The van der Waals surface area contributed by atoms with E-state index in [2.05, 4.69) is 4.98 Å². The number of aromatic nitrogens is 1. The summed E-state index contributed by atoms with van der Waals surface area (Å²) in [4.78, 5) is 28.8. The van der Waals surface area contributed by atoms with Gasteiger partial charge in [0, 0.05) is 35.8 Å². The van der Waals surface area contributed by atoms with Crippen molar-refractivity contribution < 1.29 is 28.5 Å². The number of Topliss-reactive ketones (excluding diaryl/α,β-unsaturated/α-hetero) is 1. The Morgan fingerprint density at radius 1 is 1.23 bits per heavy atom. The molecule has 1 N–H and O–H groups in total. The van der Waals surface area contributed by atoms with E-state index in [4.69, 9.17) is 18.9 Å². The molecule has 2 atom stereocenters. The average molecular weight is 413 g/mol. The second kappa shape index (κ2) is 8.52. The van der Waals surface area contributed by atoms with Gasteiger partial charge in [-0.3, -0.25) is 4.79 Å². The average Bonchev–Trinajstić information content (AvgIpc) is 3.39. The minimum absolute atomic E-state index is 0.0121. The van der Waals surface area contributed by atoms with Crippen molar-refractivity contribution in [2.45, 2.75) is 44.6 Å². The monoisotopic (exact) mass is 413 g/mol. The maximum absolute atomic E-state index is 13.0. The molecular weight excluding hydrogens is 386 g/mol. The van der Waals surface area contributed by atoms with Gasteiger partial charge in [0.1, 0.15) is 23.8 Å². The van der Waals surface area contributed by atoms with E-state index < -0.39 is 5.97 Å². The topological polar surface area (TPSA) is 86.9 Å². The summed E-state index contributed by atoms with van der Waals surface area (Å²) < 4.78 is 21.8. The van der Waals surface area contributed by atoms with Gasteiger partial charge in [0.15, 0.2) is 5.78 Å². The van der Waals surface area contributed by atoms with Crippen molar-refractivity contribution in [3.05, 3.63) is 46.3 Å². The summed E-state index contributed by atoms with van der Waals surface area (Å²) in [5.41, 5.74) is 3.30. The van der Waals surface area contributed by atoms with E-state index in [-0.39, 0.29) is 24.4 Å². The van der Waals surface area contributed by atoms with E-state index in [1.807, 2.05) is 18.2 Å². The van der Waals surface area contributed by atoms with Gasteiger partial charge < -0.3 is 23.9 Å². The number of H-pyrrole nitrogens is 1. The van der Waals surface area contributed by atoms with E-state index in [0.29, 0.717) is 42.0 Å². The van der Waals surface area contributed by atoms with Crippen LogP contribution in [0.1, 0.15) is 62.8 Å². The number of carbonyl (C=O) groups is 2. The van der Waals surface area contributed by atoms with Crippen molar-refractivity contribution in [2.24, 2.45) is 0 Å². The van der Waals surface area contributed by atoms with Gasteiger partial charge in [-0.25, -0.2) is 4.79 Å². The van der Waals surface area contributed by atoms with E-state index in [0.717, 1.165) is 29.8 Å². The number of ether oxygens (including phenoxy) is 4. The Morgan fingerprint density at radius 2 is 2.07 bits per heavy atom. The van der Waals surface area contributed by atoms with Crippen molar-refractivity contribution in [3.8, 4) is 11.5 Å². The second-order valence-corrected chi connectivity index (χ2v) is 7.85. The molecule has 0 amide bonds. The Kier molecular flexibility index (Phi) is 5.81. The summed E-state index contributed by atoms with van der Waals surface area (Å²) >= 11 is 0. The van der Waals surface area contributed by atoms with E-state index in [1.165, 1.54) is 0 Å². The molecule has 1 aromatic carbocycles. The number of methoxy groups -OCH3 is 2. The van der Waals surface area contributed by atoms with Crippen LogP contribution in [0.15, 0.2) is 18.2 Å². The number of carbonyl (C=O) groups excluding carboxylic acids is 2. The van der Waals surface area contributed by atoms with Crippen LogP contribution in [0, 0.1) is 6.92 Å². The summed E-state index contributed by atoms with van der Waals surface area (Å²) in [6, 6.07) is 5.59. The highest BCUT2D eigenvalue weighted by molar-refractivity contribution is 6.03. The van der Waals surface area contributed by atoms with Crippen LogP contribution in [0.3, 0.4) is 0 Å². The van der Waals surface area contributed by atoms with Crippen LogP contribution < -0.4 is 9.47 Å². The van der Waals surface area contributed by atoms with Gasteiger partial charge in [-0.2, -0.15) is 0 Å². The fourth-order valence-electron chi connectivity index (χ4n) is 4.43. The van der Waals surface area contributed by atoms with Crippen LogP contribution in [-0.2, 0) is 15.9 Å². The van der Waals surface area contributed by atoms with Crippen LogP contribution in [0.25, 0.3) is 0 Å². The number of rotatable bonds is 6. The van der Waals surface area contributed by atoms with Gasteiger partial charge in [0.05, 0.1) is 20.3 Å². The third kappa shape index (κ3) is 3.81. The zero-order valence-corrected chi connectivity index (χ0v) is 17.6. The smallest absolute Gasteiger partial charge is 0.355 e. The van der Waals surface area contributed by atoms with Crippen molar-refractivity contribution in [1.82, 2.24) is 4.98 Å². The number of esters is 1. The Morgan fingerprint density at radius 3 is 2.77 bits per heavy atom. The fourth-order valence-corrected chi connectivity index (χ4v) is 4.43. The standard InChI is InChI=1S/C23H27NO6/c1-13-21-18(24-22(13)23(26)30-12-16-5-4-8-29-16)9-14(10-19(21)25)17-11-15(27-2)6-7-20(17)28-3/h6-7,11,14,16,24H,4-5,8-10,12H2,1-3H3/t14-,16-/m0/s1. The first-order chi connectivity index (χ1) is 14.5. The van der Waals surface area contributed by atoms with Crippen molar-refractivity contribution >= 4 is 11.8 Å². The summed E-state index contributed by atoms with van der Waals surface area (Å²) in [6.45, 7) is 2.74. The zero-order chi connectivity index (χ0) is 21.3. The quantitative estimate of drug-likeness (QED) is 0.729. The minimum atomic E-state index is -0.444. The van der Waals surface area contributed by atoms with E-state index in [1.54, 1.807) is 21.1 Å². The highest BCUT2D eigenvalue weighted by Gasteiger charge is 2.33. The molecule has 30 heavy (non-hydrogen) atoms. The third-order valence-electron chi connectivity index (χ3n) is 5.99. The number of benzene rings is 1. The molecule has 1 saturated heterocycles. The molecule has 1 fully saturated rings. The third-order valence-corrected chi connectivity index (χ3v) is 5.99. The van der Waals surface area contributed by atoms with Gasteiger partial charge in [0.25, 0.3) is 0 Å². The normalized spacial score (nSPS) is 20.7. The summed E-state index contributed by atoms with van der Waals surface area (Å²) in [5, 5.41) is 0. The molecular formula is C23H27NO6. The molecule has 0 spiro atoms. The number of nitrogens with one attached hydrogen (secondary N) is 1. The van der Waals surface area contributed by atoms with Gasteiger partial charge in [-0.1, -0.05) is 0 Å². The summed E-state index contributed by atoms with van der Waals surface area (Å²) in [6.07, 6.45) is 2.80. The lowest BCUT2D eigenvalue weighted by Gasteiger charge is -2.24. The first kappa shape index (κ1) is 20.5. The Hall–Kier alpha value is -2.80. The SMILES string of the molecule is COc1ccc(OC)c([C@@H]2CC(=O)c3c([nH]c(C(=O)OC[C@@H]4CCCO4)c3C)C2)c1. The van der Waals surface area contributed by atoms with Crippen molar-refractivity contribution in [2.75, 3.05) is 27.4 Å². The zero-order valence-electron chi connectivity index (χ0n) is 17.6. The molecule has 160 valence electrons. The van der Waals surface area contributed by atoms with Crippen LogP contribution in [0.4, 0.5) is 0 Å². The molecule has 2 aromatic rings. The highest BCUT2D eigenvalue weighted by Crippen LogP contribution is 2.40. The molecule has 1 aliphatic heterocycles. The van der Waals surface area contributed by atoms with Gasteiger partial charge in [-0.15, -0.1) is 0 Å². The van der Waals surface area contributed by atoms with E-state index in [9.17, 15) is 9.59 Å². The first-order valence-electron chi connectivity index (χ1n) is 10.3. The van der Waals surface area contributed by atoms with Gasteiger partial charge in [0.2, 0.25) is 0 Å². The summed E-state index contributed by atoms with van der Waals surface area (Å²) in [7, 11) is 3.22. The van der Waals surface area contributed by atoms with Crippen molar-refractivity contribution in [1.29, 1.82) is 0 Å². The lowest BCUT2D eigenvalue weighted by atomic mass is 9.81. The Bertz CT molecular complexity index is 957. The first-order valence-corrected chi connectivity index (χ1v) is 10.3. The number of ketones is 1.